The van der Waals surface area contributed by atoms with E-state index in [4.69, 9.17) is 24.1 Å². The Balaban J connectivity index is 0.000000479. The fourth-order valence-electron chi connectivity index (χ4n) is 3.76. The van der Waals surface area contributed by atoms with Crippen LogP contribution in [0.25, 0.3) is 33.2 Å². The molecule has 0 aliphatic rings. The van der Waals surface area contributed by atoms with E-state index < -0.39 is 12.1 Å². The number of hydrogen-bond acceptors (Lipinski definition) is 6. The van der Waals surface area contributed by atoms with E-state index in [0.717, 1.165) is 70.9 Å². The summed E-state index contributed by atoms with van der Waals surface area (Å²) in [6, 6.07) is 10.3. The van der Waals surface area contributed by atoms with Gasteiger partial charge in [-0.25, -0.2) is 9.78 Å². The van der Waals surface area contributed by atoms with Crippen LogP contribution in [-0.2, 0) is 16.1 Å². The molecule has 2 N–H and O–H groups in total. The summed E-state index contributed by atoms with van der Waals surface area (Å²) >= 11 is 0. The molecule has 4 rings (SSSR count). The van der Waals surface area contributed by atoms with Crippen molar-refractivity contribution in [3.63, 3.8) is 0 Å². The minimum atomic E-state index is -5.08. The summed E-state index contributed by atoms with van der Waals surface area (Å²) < 4.78 is 50.3. The molecule has 37 heavy (non-hydrogen) atoms. The Bertz CT molecular complexity index is 1320. The van der Waals surface area contributed by atoms with Crippen LogP contribution in [0.2, 0.25) is 0 Å². The predicted octanol–water partition coefficient (Wildman–Crippen LogP) is 4.41. The average molecular weight is 523 g/mol. The normalized spacial score (nSPS) is 11.6. The summed E-state index contributed by atoms with van der Waals surface area (Å²) in [5, 5.41) is 9.33. The second-order valence-electron chi connectivity index (χ2n) is 8.18. The van der Waals surface area contributed by atoms with E-state index in [2.05, 4.69) is 44.8 Å². The molecule has 3 heterocycles. The summed E-state index contributed by atoms with van der Waals surface area (Å²) in [6.07, 6.45) is -1.09. The van der Waals surface area contributed by atoms with Gasteiger partial charge in [-0.2, -0.15) is 13.2 Å². The lowest BCUT2D eigenvalue weighted by molar-refractivity contribution is -0.192. The molecule has 200 valence electrons. The first-order chi connectivity index (χ1) is 17.6. The van der Waals surface area contributed by atoms with Gasteiger partial charge in [0.05, 0.1) is 26.3 Å². The number of ether oxygens (including phenoxy) is 3. The van der Waals surface area contributed by atoms with E-state index in [1.807, 2.05) is 18.2 Å². The monoisotopic (exact) mass is 522 g/mol. The number of aliphatic carboxylic acids is 1. The van der Waals surface area contributed by atoms with Gasteiger partial charge in [0.25, 0.3) is 0 Å². The molecule has 0 atom stereocenters. The Kier molecular flexibility index (Phi) is 9.00. The van der Waals surface area contributed by atoms with Crippen LogP contribution in [0.3, 0.4) is 0 Å². The highest BCUT2D eigenvalue weighted by molar-refractivity contribution is 5.99. The fourth-order valence-corrected chi connectivity index (χ4v) is 3.76. The summed E-state index contributed by atoms with van der Waals surface area (Å²) in [5.74, 6) is -1.31. The Morgan fingerprint density at radius 2 is 1.81 bits per heavy atom. The quantitative estimate of drug-likeness (QED) is 0.336. The predicted molar refractivity (Wildman–Crippen MR) is 133 cm³/mol. The van der Waals surface area contributed by atoms with Gasteiger partial charge < -0.3 is 33.8 Å². The highest BCUT2D eigenvalue weighted by Gasteiger charge is 2.38. The van der Waals surface area contributed by atoms with E-state index >= 15 is 0 Å². The molecule has 0 radical (unpaired) electrons. The lowest BCUT2D eigenvalue weighted by Gasteiger charge is -2.17. The van der Waals surface area contributed by atoms with Crippen molar-refractivity contribution < 1.29 is 37.3 Å². The number of aromatic nitrogens is 3. The second kappa shape index (κ2) is 12.0. The van der Waals surface area contributed by atoms with Crippen molar-refractivity contribution in [1.82, 2.24) is 19.4 Å². The Morgan fingerprint density at radius 3 is 2.41 bits per heavy atom. The van der Waals surface area contributed by atoms with Crippen LogP contribution in [0.5, 0.6) is 11.5 Å². The number of carbonyl (C=O) groups is 1. The fraction of sp³-hybridized carbons (Fsp3) is 0.360. The molecule has 0 aliphatic carbocycles. The number of halogens is 3. The topological polar surface area (TPSA) is 102 Å². The zero-order valence-electron chi connectivity index (χ0n) is 20.9. The lowest BCUT2D eigenvalue weighted by atomic mass is 10.1. The maximum atomic E-state index is 10.6. The van der Waals surface area contributed by atoms with Crippen LogP contribution in [0, 0.1) is 0 Å². The number of likely N-dealkylation sites (N-methyl/N-ethyl adjacent to an activating group) is 1. The molecular weight excluding hydrogens is 493 g/mol. The number of hydrogen-bond donors (Lipinski definition) is 2. The zero-order chi connectivity index (χ0) is 27.2. The average Bonchev–Trinajstić information content (AvgIpc) is 3.46. The van der Waals surface area contributed by atoms with Gasteiger partial charge in [-0.3, -0.25) is 0 Å². The summed E-state index contributed by atoms with van der Waals surface area (Å²) in [5.41, 5.74) is 4.14. The molecule has 0 fully saturated rings. The highest BCUT2D eigenvalue weighted by atomic mass is 19.4. The zero-order valence-corrected chi connectivity index (χ0v) is 20.9. The van der Waals surface area contributed by atoms with Crippen molar-refractivity contribution in [2.24, 2.45) is 0 Å². The van der Waals surface area contributed by atoms with Crippen molar-refractivity contribution in [1.29, 1.82) is 0 Å². The van der Waals surface area contributed by atoms with Crippen LogP contribution in [0.4, 0.5) is 13.2 Å². The SMILES string of the molecule is COCCN(C)CCn1cc(-c2cc3cccnc3[nH]2)c2cc(OC)c(OC)cc21.O=C(O)C(F)(F)F. The molecule has 0 aliphatic heterocycles. The summed E-state index contributed by atoms with van der Waals surface area (Å²) in [7, 11) is 7.17. The molecule has 1 aromatic carbocycles. The van der Waals surface area contributed by atoms with Gasteiger partial charge in [-0.1, -0.05) is 0 Å². The molecule has 9 nitrogen and oxygen atoms in total. The number of methoxy groups -OCH3 is 3. The third-order valence-corrected chi connectivity index (χ3v) is 5.71. The molecule has 0 amide bonds. The van der Waals surface area contributed by atoms with Crippen LogP contribution >= 0.6 is 0 Å². The number of fused-ring (bicyclic) bond motifs is 2. The van der Waals surface area contributed by atoms with Gasteiger partial charge in [0.2, 0.25) is 0 Å². The number of carboxylic acid groups (broad SMARTS) is 1. The molecule has 12 heteroatoms. The molecule has 4 aromatic rings. The van der Waals surface area contributed by atoms with E-state index in [-0.39, 0.29) is 0 Å². The molecular formula is C25H29F3N4O5. The van der Waals surface area contributed by atoms with Crippen LogP contribution in [0.1, 0.15) is 0 Å². The highest BCUT2D eigenvalue weighted by Crippen LogP contribution is 2.38. The van der Waals surface area contributed by atoms with Crippen molar-refractivity contribution in [2.75, 3.05) is 48.1 Å². The first-order valence-electron chi connectivity index (χ1n) is 11.3. The third-order valence-electron chi connectivity index (χ3n) is 5.71. The number of alkyl halides is 3. The molecule has 0 saturated carbocycles. The maximum Gasteiger partial charge on any atom is 0.490 e. The van der Waals surface area contributed by atoms with Gasteiger partial charge in [0, 0.05) is 67.2 Å². The Labute approximate surface area is 211 Å². The van der Waals surface area contributed by atoms with Gasteiger partial charge in [-0.05, 0) is 31.3 Å². The van der Waals surface area contributed by atoms with Gasteiger partial charge in [0.1, 0.15) is 5.65 Å². The number of H-pyrrole nitrogens is 1. The van der Waals surface area contributed by atoms with Crippen molar-refractivity contribution in [3.05, 3.63) is 42.7 Å². The number of nitrogens with zero attached hydrogens (tertiary/aromatic N) is 3. The number of benzene rings is 1. The maximum absolute atomic E-state index is 10.6. The first-order valence-corrected chi connectivity index (χ1v) is 11.3. The molecule has 0 spiro atoms. The van der Waals surface area contributed by atoms with Crippen LogP contribution in [-0.4, -0.2) is 84.8 Å². The molecule has 3 aromatic heterocycles. The third kappa shape index (κ3) is 6.71. The molecule has 0 saturated heterocycles. The van der Waals surface area contributed by atoms with E-state index in [0.29, 0.717) is 0 Å². The van der Waals surface area contributed by atoms with Gasteiger partial charge >= 0.3 is 12.1 Å². The Morgan fingerprint density at radius 1 is 1.14 bits per heavy atom. The standard InChI is InChI=1S/C23H28N4O3.C2HF3O2/c1-26(10-11-28-2)8-9-27-15-18(19-12-16-6-5-7-24-23(16)25-19)17-13-21(29-3)22(30-4)14-20(17)27;3-2(4,5)1(6)7/h5-7,12-15H,8-11H2,1-4H3,(H,24,25);(H,6,7). The molecule has 0 unspecified atom stereocenters. The Hall–Kier alpha value is -3.77. The van der Waals surface area contributed by atoms with Crippen LogP contribution < -0.4 is 9.47 Å². The second-order valence-corrected chi connectivity index (χ2v) is 8.18. The number of pyridine rings is 1. The summed E-state index contributed by atoms with van der Waals surface area (Å²) in [6.45, 7) is 3.38. The van der Waals surface area contributed by atoms with Crippen molar-refractivity contribution >= 4 is 27.9 Å². The largest absolute Gasteiger partial charge is 0.493 e. The van der Waals surface area contributed by atoms with E-state index in [9.17, 15) is 13.2 Å². The molecule has 0 bridgehead atoms. The number of carboxylic acids is 1. The van der Waals surface area contributed by atoms with Gasteiger partial charge in [-0.15, -0.1) is 0 Å². The minimum Gasteiger partial charge on any atom is -0.493 e. The van der Waals surface area contributed by atoms with Crippen molar-refractivity contribution in [2.45, 2.75) is 12.7 Å². The number of nitrogens with one attached hydrogen (secondary N) is 1. The first kappa shape index (κ1) is 27.8. The van der Waals surface area contributed by atoms with Crippen molar-refractivity contribution in [3.8, 4) is 22.8 Å². The van der Waals surface area contributed by atoms with E-state index in [1.54, 1.807) is 27.5 Å². The van der Waals surface area contributed by atoms with Crippen LogP contribution in [0.15, 0.2) is 42.7 Å². The smallest absolute Gasteiger partial charge is 0.490 e. The van der Waals surface area contributed by atoms with E-state index in [1.165, 1.54) is 0 Å². The van der Waals surface area contributed by atoms with Gasteiger partial charge in [0.15, 0.2) is 11.5 Å². The number of rotatable bonds is 9. The lowest BCUT2D eigenvalue weighted by Crippen LogP contribution is -2.26. The number of aromatic amines is 1. The minimum absolute atomic E-state index is 0.718. The summed E-state index contributed by atoms with van der Waals surface area (Å²) in [4.78, 5) is 19.1.